The van der Waals surface area contributed by atoms with Gasteiger partial charge in [0.05, 0.1) is 12.6 Å². The first-order chi connectivity index (χ1) is 10.8. The Balaban J connectivity index is 1.64. The summed E-state index contributed by atoms with van der Waals surface area (Å²) in [5, 5.41) is 11.7. The lowest BCUT2D eigenvalue weighted by atomic mass is 10.1. The maximum absolute atomic E-state index is 5.30. The first kappa shape index (κ1) is 15.0. The van der Waals surface area contributed by atoms with Crippen molar-refractivity contribution in [2.24, 2.45) is 0 Å². The smallest absolute Gasteiger partial charge is 0.243 e. The van der Waals surface area contributed by atoms with Gasteiger partial charge in [0.1, 0.15) is 11.3 Å². The van der Waals surface area contributed by atoms with E-state index in [1.807, 2.05) is 19.1 Å². The third-order valence-electron chi connectivity index (χ3n) is 4.13. The molecule has 6 heteroatoms. The molecule has 3 rings (SSSR count). The molecule has 0 bridgehead atoms. The molecular weight excluding hydrogens is 278 g/mol. The number of piperidine rings is 1. The summed E-state index contributed by atoms with van der Waals surface area (Å²) in [6.45, 7) is 6.30. The highest BCUT2D eigenvalue weighted by Crippen LogP contribution is 2.22. The summed E-state index contributed by atoms with van der Waals surface area (Å²) in [5.41, 5.74) is 2.65. The number of anilines is 1. The van der Waals surface area contributed by atoms with Crippen LogP contribution in [0, 0.1) is 6.92 Å². The van der Waals surface area contributed by atoms with Gasteiger partial charge in [0.2, 0.25) is 5.95 Å². The Bertz CT molecular complexity index is 640. The first-order valence-corrected chi connectivity index (χ1v) is 7.91. The molecule has 1 saturated heterocycles. The predicted molar refractivity (Wildman–Crippen MR) is 87.4 cm³/mol. The molecule has 0 spiro atoms. The van der Waals surface area contributed by atoms with Crippen molar-refractivity contribution in [2.45, 2.75) is 26.2 Å². The lowest BCUT2D eigenvalue weighted by Gasteiger charge is -2.26. The van der Waals surface area contributed by atoms with Crippen molar-refractivity contribution in [3.05, 3.63) is 17.7 Å². The number of ether oxygens (including phenoxy) is 1. The number of rotatable bonds is 5. The van der Waals surface area contributed by atoms with Crippen LogP contribution < -0.4 is 10.1 Å². The minimum atomic E-state index is 0.592. The highest BCUT2D eigenvalue weighted by Gasteiger charge is 2.10. The molecule has 1 aromatic carbocycles. The van der Waals surface area contributed by atoms with Crippen LogP contribution in [0.4, 0.5) is 5.95 Å². The fraction of sp³-hybridized carbons (Fsp3) is 0.562. The zero-order valence-corrected chi connectivity index (χ0v) is 13.3. The Morgan fingerprint density at radius 3 is 2.73 bits per heavy atom. The molecule has 22 heavy (non-hydrogen) atoms. The molecule has 0 aliphatic carbocycles. The Labute approximate surface area is 130 Å². The summed E-state index contributed by atoms with van der Waals surface area (Å²) in [6.07, 6.45) is 3.99. The molecule has 1 aromatic heterocycles. The highest BCUT2D eigenvalue weighted by atomic mass is 16.5. The van der Waals surface area contributed by atoms with Gasteiger partial charge < -0.3 is 15.0 Å². The maximum Gasteiger partial charge on any atom is 0.243 e. The van der Waals surface area contributed by atoms with Gasteiger partial charge in [0, 0.05) is 19.2 Å². The summed E-state index contributed by atoms with van der Waals surface area (Å²) < 4.78 is 5.30. The van der Waals surface area contributed by atoms with E-state index in [0.29, 0.717) is 5.95 Å². The third kappa shape index (κ3) is 3.44. The van der Waals surface area contributed by atoms with Gasteiger partial charge in [-0.25, -0.2) is 4.98 Å². The number of hydrogen-bond acceptors (Lipinski definition) is 6. The quantitative estimate of drug-likeness (QED) is 0.914. The minimum absolute atomic E-state index is 0.592. The number of hydrogen-bond donors (Lipinski definition) is 1. The summed E-state index contributed by atoms with van der Waals surface area (Å²) in [6, 6.07) is 3.86. The van der Waals surface area contributed by atoms with Crippen LogP contribution in [0.5, 0.6) is 5.75 Å². The van der Waals surface area contributed by atoms with Gasteiger partial charge in [-0.2, -0.15) is 0 Å². The topological polar surface area (TPSA) is 63.2 Å². The van der Waals surface area contributed by atoms with E-state index in [4.69, 9.17) is 4.74 Å². The molecule has 0 saturated carbocycles. The highest BCUT2D eigenvalue weighted by molar-refractivity contribution is 5.77. The van der Waals surface area contributed by atoms with Crippen LogP contribution in [0.2, 0.25) is 0 Å². The summed E-state index contributed by atoms with van der Waals surface area (Å²) >= 11 is 0. The average Bonchev–Trinajstić information content (AvgIpc) is 2.55. The van der Waals surface area contributed by atoms with Crippen LogP contribution in [0.3, 0.4) is 0 Å². The Hall–Kier alpha value is -1.95. The average molecular weight is 301 g/mol. The number of fused-ring (bicyclic) bond motifs is 1. The molecule has 1 aliphatic rings. The molecule has 1 aliphatic heterocycles. The van der Waals surface area contributed by atoms with Crippen molar-refractivity contribution in [3.8, 4) is 5.75 Å². The van der Waals surface area contributed by atoms with Gasteiger partial charge in [-0.05, 0) is 44.5 Å². The summed E-state index contributed by atoms with van der Waals surface area (Å²) in [4.78, 5) is 7.02. The van der Waals surface area contributed by atoms with Crippen molar-refractivity contribution in [2.75, 3.05) is 38.6 Å². The molecule has 0 unspecified atom stereocenters. The van der Waals surface area contributed by atoms with Gasteiger partial charge >= 0.3 is 0 Å². The second-order valence-electron chi connectivity index (χ2n) is 5.78. The molecule has 0 amide bonds. The number of benzene rings is 1. The largest absolute Gasteiger partial charge is 0.496 e. The molecule has 2 heterocycles. The maximum atomic E-state index is 5.30. The SMILES string of the molecule is COc1cc2nnc(NCCN3CCCCC3)nc2cc1C. The number of methoxy groups -OCH3 is 1. The summed E-state index contributed by atoms with van der Waals surface area (Å²) in [5.74, 6) is 1.41. The van der Waals surface area contributed by atoms with Crippen molar-refractivity contribution in [1.29, 1.82) is 0 Å². The van der Waals surface area contributed by atoms with Crippen LogP contribution in [0.1, 0.15) is 24.8 Å². The normalized spacial score (nSPS) is 15.9. The molecule has 1 fully saturated rings. The number of aryl methyl sites for hydroxylation is 1. The van der Waals surface area contributed by atoms with Gasteiger partial charge in [-0.15, -0.1) is 10.2 Å². The van der Waals surface area contributed by atoms with Crippen LogP contribution in [-0.2, 0) is 0 Å². The number of aromatic nitrogens is 3. The Morgan fingerprint density at radius 1 is 1.14 bits per heavy atom. The van der Waals surface area contributed by atoms with E-state index >= 15 is 0 Å². The minimum Gasteiger partial charge on any atom is -0.496 e. The van der Waals surface area contributed by atoms with Gasteiger partial charge in [0.15, 0.2) is 0 Å². The zero-order valence-electron chi connectivity index (χ0n) is 13.3. The zero-order chi connectivity index (χ0) is 15.4. The van der Waals surface area contributed by atoms with Crippen LogP contribution in [0.25, 0.3) is 11.0 Å². The van der Waals surface area contributed by atoms with E-state index in [9.17, 15) is 0 Å². The second kappa shape index (κ2) is 6.87. The van der Waals surface area contributed by atoms with Gasteiger partial charge in [0.25, 0.3) is 0 Å². The first-order valence-electron chi connectivity index (χ1n) is 7.91. The van der Waals surface area contributed by atoms with Crippen molar-refractivity contribution < 1.29 is 4.74 Å². The van der Waals surface area contributed by atoms with Crippen LogP contribution in [0.15, 0.2) is 12.1 Å². The number of nitrogens with zero attached hydrogens (tertiary/aromatic N) is 4. The van der Waals surface area contributed by atoms with Crippen LogP contribution in [-0.4, -0.2) is 53.4 Å². The Morgan fingerprint density at radius 2 is 1.95 bits per heavy atom. The molecule has 0 radical (unpaired) electrons. The number of nitrogens with one attached hydrogen (secondary N) is 1. The molecular formula is C16H23N5O. The summed E-state index contributed by atoms with van der Waals surface area (Å²) in [7, 11) is 1.66. The number of likely N-dealkylation sites (tertiary alicyclic amines) is 1. The monoisotopic (exact) mass is 301 g/mol. The van der Waals surface area contributed by atoms with Crippen molar-refractivity contribution in [3.63, 3.8) is 0 Å². The van der Waals surface area contributed by atoms with E-state index in [2.05, 4.69) is 25.4 Å². The second-order valence-corrected chi connectivity index (χ2v) is 5.78. The third-order valence-corrected chi connectivity index (χ3v) is 4.13. The predicted octanol–water partition coefficient (Wildman–Crippen LogP) is 2.24. The lowest BCUT2D eigenvalue weighted by Crippen LogP contribution is -2.33. The van der Waals surface area contributed by atoms with E-state index < -0.39 is 0 Å². The van der Waals surface area contributed by atoms with Gasteiger partial charge in [-0.3, -0.25) is 0 Å². The van der Waals surface area contributed by atoms with Crippen molar-refractivity contribution >= 4 is 17.0 Å². The lowest BCUT2D eigenvalue weighted by molar-refractivity contribution is 0.237. The standard InChI is InChI=1S/C16H23N5O/c1-12-10-13-14(11-15(12)22-2)19-20-16(18-13)17-6-9-21-7-4-3-5-8-21/h10-11H,3-9H2,1-2H3,(H,17,18,20). The van der Waals surface area contributed by atoms with Gasteiger partial charge in [-0.1, -0.05) is 6.42 Å². The molecule has 118 valence electrons. The molecule has 1 N–H and O–H groups in total. The molecule has 6 nitrogen and oxygen atoms in total. The van der Waals surface area contributed by atoms with Crippen LogP contribution >= 0.6 is 0 Å². The fourth-order valence-electron chi connectivity index (χ4n) is 2.87. The van der Waals surface area contributed by atoms with E-state index in [1.165, 1.54) is 32.4 Å². The van der Waals surface area contributed by atoms with E-state index in [1.54, 1.807) is 7.11 Å². The van der Waals surface area contributed by atoms with E-state index in [-0.39, 0.29) is 0 Å². The Kier molecular flexibility index (Phi) is 4.68. The van der Waals surface area contributed by atoms with E-state index in [0.717, 1.165) is 35.4 Å². The van der Waals surface area contributed by atoms with Crippen molar-refractivity contribution in [1.82, 2.24) is 20.1 Å². The fourth-order valence-corrected chi connectivity index (χ4v) is 2.87. The molecule has 2 aromatic rings. The molecule has 0 atom stereocenters.